The van der Waals surface area contributed by atoms with Crippen LogP contribution in [0, 0.1) is 34.5 Å². The fourth-order valence-corrected chi connectivity index (χ4v) is 7.70. The molecule has 1 aromatic heterocycles. The van der Waals surface area contributed by atoms with Crippen LogP contribution in [0.2, 0.25) is 0 Å². The Morgan fingerprint density at radius 3 is 2.75 bits per heavy atom. The smallest absolute Gasteiger partial charge is 0.374 e. The summed E-state index contributed by atoms with van der Waals surface area (Å²) in [6, 6.07) is 3.39. The van der Waals surface area contributed by atoms with Crippen molar-refractivity contribution in [3.63, 3.8) is 0 Å². The normalized spacial score (nSPS) is 45.1. The number of Topliss-reactive ketones (excluding diaryl/α,β-unsaturated/α-hetero) is 1. The number of hydrogen-bond acceptors (Lipinski definition) is 4. The lowest BCUT2D eigenvalue weighted by Crippen LogP contribution is -2.54. The first-order valence-electron chi connectivity index (χ1n) is 11.2. The van der Waals surface area contributed by atoms with Gasteiger partial charge in [-0.05, 0) is 92.6 Å². The van der Waals surface area contributed by atoms with E-state index in [1.807, 2.05) is 0 Å². The van der Waals surface area contributed by atoms with E-state index in [0.717, 1.165) is 44.4 Å². The fourth-order valence-electron chi connectivity index (χ4n) is 7.70. The molecular weight excluding hydrogens is 352 g/mol. The largest absolute Gasteiger partial charge is 0.457 e. The monoisotopic (exact) mass is 384 g/mol. The first-order chi connectivity index (χ1) is 13.4. The van der Waals surface area contributed by atoms with Crippen LogP contribution < -0.4 is 0 Å². The molecule has 0 bridgehead atoms. The third-order valence-corrected chi connectivity index (χ3v) is 9.32. The first kappa shape index (κ1) is 18.4. The number of fused-ring (bicyclic) bond motifs is 5. The third-order valence-electron chi connectivity index (χ3n) is 9.32. The summed E-state index contributed by atoms with van der Waals surface area (Å²) in [6.45, 7) is 4.75. The quantitative estimate of drug-likeness (QED) is 0.639. The van der Waals surface area contributed by atoms with Gasteiger partial charge in [0, 0.05) is 11.8 Å². The Morgan fingerprint density at radius 1 is 1.11 bits per heavy atom. The molecule has 28 heavy (non-hydrogen) atoms. The summed E-state index contributed by atoms with van der Waals surface area (Å²) in [7, 11) is 0. The van der Waals surface area contributed by atoms with Crippen molar-refractivity contribution in [3.05, 3.63) is 24.2 Å². The molecule has 4 aliphatic rings. The molecule has 0 N–H and O–H groups in total. The predicted octanol–water partition coefficient (Wildman–Crippen LogP) is 5.42. The van der Waals surface area contributed by atoms with E-state index in [2.05, 4.69) is 13.8 Å². The summed E-state index contributed by atoms with van der Waals surface area (Å²) in [5.74, 6) is 3.17. The Morgan fingerprint density at radius 2 is 1.96 bits per heavy atom. The average molecular weight is 385 g/mol. The average Bonchev–Trinajstić information content (AvgIpc) is 3.31. The van der Waals surface area contributed by atoms with Crippen LogP contribution in [0.15, 0.2) is 22.8 Å². The fraction of sp³-hybridized carbons (Fsp3) is 0.750. The Balaban J connectivity index is 1.30. The second kappa shape index (κ2) is 6.47. The number of carbonyl (C=O) groups excluding carboxylic acids is 2. The number of hydrogen-bond donors (Lipinski definition) is 0. The maximum Gasteiger partial charge on any atom is 0.374 e. The predicted molar refractivity (Wildman–Crippen MR) is 105 cm³/mol. The van der Waals surface area contributed by atoms with E-state index in [-0.39, 0.29) is 17.5 Å². The molecule has 4 aliphatic carbocycles. The molecular formula is C24H32O4. The second-order valence-corrected chi connectivity index (χ2v) is 10.4. The van der Waals surface area contributed by atoms with Crippen molar-refractivity contribution in [2.75, 3.05) is 0 Å². The zero-order chi connectivity index (χ0) is 19.5. The molecule has 0 aromatic carbocycles. The Hall–Kier alpha value is -1.58. The van der Waals surface area contributed by atoms with Crippen LogP contribution in [0.25, 0.3) is 0 Å². The molecule has 7 atom stereocenters. The zero-order valence-corrected chi connectivity index (χ0v) is 17.1. The van der Waals surface area contributed by atoms with E-state index >= 15 is 0 Å². The molecule has 0 unspecified atom stereocenters. The molecule has 0 radical (unpaired) electrons. The lowest BCUT2D eigenvalue weighted by Gasteiger charge is -2.60. The van der Waals surface area contributed by atoms with E-state index in [9.17, 15) is 9.59 Å². The van der Waals surface area contributed by atoms with Gasteiger partial charge >= 0.3 is 5.97 Å². The molecule has 4 fully saturated rings. The molecule has 152 valence electrons. The molecule has 4 nitrogen and oxygen atoms in total. The lowest BCUT2D eigenvalue weighted by molar-refractivity contribution is -0.142. The topological polar surface area (TPSA) is 56.5 Å². The van der Waals surface area contributed by atoms with Crippen molar-refractivity contribution in [1.29, 1.82) is 0 Å². The van der Waals surface area contributed by atoms with Crippen molar-refractivity contribution in [1.82, 2.24) is 0 Å². The van der Waals surface area contributed by atoms with Crippen LogP contribution in [0.1, 0.15) is 82.2 Å². The van der Waals surface area contributed by atoms with Gasteiger partial charge in [0.2, 0.25) is 5.76 Å². The highest BCUT2D eigenvalue weighted by Gasteiger charge is 2.60. The first-order valence-corrected chi connectivity index (χ1v) is 11.2. The maximum absolute atomic E-state index is 12.6. The van der Waals surface area contributed by atoms with Crippen molar-refractivity contribution >= 4 is 11.8 Å². The highest BCUT2D eigenvalue weighted by molar-refractivity contribution is 5.87. The van der Waals surface area contributed by atoms with Crippen molar-refractivity contribution < 1.29 is 18.7 Å². The van der Waals surface area contributed by atoms with Crippen molar-refractivity contribution in [2.24, 2.45) is 34.5 Å². The van der Waals surface area contributed by atoms with Gasteiger partial charge in [-0.2, -0.15) is 0 Å². The summed E-state index contributed by atoms with van der Waals surface area (Å²) in [5, 5.41) is 0. The van der Waals surface area contributed by atoms with Crippen LogP contribution in [0.5, 0.6) is 0 Å². The van der Waals surface area contributed by atoms with Crippen LogP contribution in [-0.4, -0.2) is 17.9 Å². The Kier molecular flexibility index (Phi) is 4.26. The summed E-state index contributed by atoms with van der Waals surface area (Å²) >= 11 is 0. The number of furan rings is 1. The summed E-state index contributed by atoms with van der Waals surface area (Å²) in [6.07, 6.45) is 11.2. The van der Waals surface area contributed by atoms with E-state index in [1.54, 1.807) is 12.1 Å². The van der Waals surface area contributed by atoms with Crippen LogP contribution in [0.4, 0.5) is 0 Å². The number of esters is 1. The summed E-state index contributed by atoms with van der Waals surface area (Å²) in [4.78, 5) is 24.8. The standard InChI is InChI=1S/C24H32O4/c1-23-11-9-16(28-22(26)20-4-3-13-27-20)14-15(23)5-6-17-18-7-8-21(25)24(18,2)12-10-19(17)23/h3-4,13,15-19H,5-12,14H2,1-2H3/t15-,16+,17-,18-,19-,23-,24-/m0/s1. The SMILES string of the molecule is C[C@]12CC[C@@H](OC(=O)c3ccco3)C[C@@H]1CC[C@@H]1[C@@H]2CC[C@]2(C)C(=O)CC[C@@H]12. The third kappa shape index (κ3) is 2.63. The Bertz CT molecular complexity index is 768. The highest BCUT2D eigenvalue weighted by Crippen LogP contribution is 2.65. The molecule has 4 heteroatoms. The molecule has 0 aliphatic heterocycles. The number of ketones is 1. The minimum atomic E-state index is -0.329. The number of ether oxygens (including phenoxy) is 1. The van der Waals surface area contributed by atoms with Gasteiger partial charge < -0.3 is 9.15 Å². The maximum atomic E-state index is 12.6. The van der Waals surface area contributed by atoms with Crippen LogP contribution in [0.3, 0.4) is 0 Å². The minimum Gasteiger partial charge on any atom is -0.457 e. The second-order valence-electron chi connectivity index (χ2n) is 10.4. The lowest BCUT2D eigenvalue weighted by atomic mass is 9.45. The molecule has 1 heterocycles. The molecule has 0 saturated heterocycles. The molecule has 0 amide bonds. The van der Waals surface area contributed by atoms with E-state index in [4.69, 9.17) is 9.15 Å². The molecule has 4 saturated carbocycles. The summed E-state index contributed by atoms with van der Waals surface area (Å²) in [5.41, 5.74) is 0.295. The van der Waals surface area contributed by atoms with Gasteiger partial charge in [0.25, 0.3) is 0 Å². The van der Waals surface area contributed by atoms with E-state index < -0.39 is 0 Å². The summed E-state index contributed by atoms with van der Waals surface area (Å²) < 4.78 is 11.0. The van der Waals surface area contributed by atoms with Crippen LogP contribution in [-0.2, 0) is 9.53 Å². The molecule has 5 rings (SSSR count). The zero-order valence-electron chi connectivity index (χ0n) is 17.1. The molecule has 1 aromatic rings. The van der Waals surface area contributed by atoms with Gasteiger partial charge in [0.05, 0.1) is 6.26 Å². The minimum absolute atomic E-state index is 0.00846. The van der Waals surface area contributed by atoms with E-state index in [1.165, 1.54) is 25.5 Å². The molecule has 0 spiro atoms. The van der Waals surface area contributed by atoms with Gasteiger partial charge in [-0.25, -0.2) is 4.79 Å². The Labute approximate surface area is 167 Å². The van der Waals surface area contributed by atoms with Gasteiger partial charge in [-0.3, -0.25) is 4.79 Å². The van der Waals surface area contributed by atoms with Gasteiger partial charge in [-0.1, -0.05) is 13.8 Å². The van der Waals surface area contributed by atoms with Gasteiger partial charge in [-0.15, -0.1) is 0 Å². The van der Waals surface area contributed by atoms with Crippen molar-refractivity contribution in [3.8, 4) is 0 Å². The van der Waals surface area contributed by atoms with Crippen LogP contribution >= 0.6 is 0 Å². The number of carbonyl (C=O) groups is 2. The van der Waals surface area contributed by atoms with E-state index in [0.29, 0.717) is 34.7 Å². The van der Waals surface area contributed by atoms with Gasteiger partial charge in [0.15, 0.2) is 0 Å². The highest BCUT2D eigenvalue weighted by atomic mass is 16.6. The number of rotatable bonds is 2. The van der Waals surface area contributed by atoms with Crippen molar-refractivity contribution in [2.45, 2.75) is 77.7 Å². The van der Waals surface area contributed by atoms with Gasteiger partial charge in [0.1, 0.15) is 11.9 Å².